The van der Waals surface area contributed by atoms with E-state index in [0.29, 0.717) is 0 Å². The number of rotatable bonds is 0. The zero-order chi connectivity index (χ0) is 13.5. The van der Waals surface area contributed by atoms with Crippen molar-refractivity contribution >= 4 is 31.2 Å². The third-order valence-electron chi connectivity index (χ3n) is 0. The smallest absolute Gasteiger partial charge is 0.759 e. The summed E-state index contributed by atoms with van der Waals surface area (Å²) in [4.78, 5) is 0. The quantitative estimate of drug-likeness (QED) is 0.297. The van der Waals surface area contributed by atoms with Crippen molar-refractivity contribution in [1.29, 1.82) is 0 Å². The van der Waals surface area contributed by atoms with Crippen molar-refractivity contribution in [2.45, 2.75) is 0 Å². The summed E-state index contributed by atoms with van der Waals surface area (Å²) in [5, 5.41) is 0. The maximum atomic E-state index is 8.52. The van der Waals surface area contributed by atoms with Crippen LogP contribution in [0.4, 0.5) is 0 Å². The van der Waals surface area contributed by atoms with Gasteiger partial charge in [-0.1, -0.05) is 0 Å². The zero-order valence-corrected chi connectivity index (χ0v) is 12.4. The Morgan fingerprint density at radius 1 is 0.474 bits per heavy atom. The molecule has 0 fully saturated rings. The Hall–Kier alpha value is 0.0744. The van der Waals surface area contributed by atoms with Crippen molar-refractivity contribution in [3.63, 3.8) is 0 Å². The molecule has 0 aromatic rings. The molecule has 0 aliphatic rings. The van der Waals surface area contributed by atoms with Crippen LogP contribution in [-0.4, -0.2) is 63.5 Å². The molecule has 0 aromatic carbocycles. The molecule has 0 spiro atoms. The summed E-state index contributed by atoms with van der Waals surface area (Å²) in [6, 6.07) is 0. The minimum absolute atomic E-state index is 0. The van der Waals surface area contributed by atoms with Gasteiger partial charge in [-0.05, 0) is 0 Å². The average Bonchev–Trinajstić information content (AvgIpc) is 1.41. The second-order valence-electron chi connectivity index (χ2n) is 1.22. The van der Waals surface area contributed by atoms with Gasteiger partial charge < -0.3 is 44.4 Å². The molecule has 0 amide bonds. The first-order valence-corrected chi connectivity index (χ1v) is 6.00. The van der Waals surface area contributed by atoms with E-state index in [-0.39, 0.29) is 35.7 Å². The van der Waals surface area contributed by atoms with Crippen molar-refractivity contribution in [2.75, 3.05) is 0 Å². The van der Waals surface area contributed by atoms with Gasteiger partial charge in [0.15, 0.2) is 0 Å². The molecule has 19 heavy (non-hydrogen) atoms. The Bertz CT molecular complexity index is 344. The van der Waals surface area contributed by atoms with Gasteiger partial charge in [0.1, 0.15) is 0 Å². The SMILES string of the molecule is O.O.O=S(=O)([O-])[O-].O=S(=O)([O-])[O-].O=S(=O)([O-])[O-].[NH4+].[V+5]. The van der Waals surface area contributed by atoms with Gasteiger partial charge in [-0.3, -0.25) is 25.3 Å². The molecule has 0 unspecified atom stereocenters. The monoisotopic (exact) mass is 393 g/mol. The van der Waals surface area contributed by atoms with Gasteiger partial charge in [0, 0.05) is 31.2 Å². The van der Waals surface area contributed by atoms with Crippen LogP contribution in [0.1, 0.15) is 0 Å². The second kappa shape index (κ2) is 16.1. The van der Waals surface area contributed by atoms with Crippen molar-refractivity contribution in [3.8, 4) is 0 Å². The largest absolute Gasteiger partial charge is 5.00 e. The van der Waals surface area contributed by atoms with Crippen LogP contribution in [-0.2, 0) is 49.8 Å². The molecule has 0 saturated heterocycles. The number of hydrogen-bond donors (Lipinski definition) is 1. The molecule has 120 valence electrons. The molecule has 0 aliphatic heterocycles. The van der Waals surface area contributed by atoms with Crippen LogP contribution in [0.2, 0.25) is 0 Å². The minimum Gasteiger partial charge on any atom is -0.759 e. The molecule has 0 rings (SSSR count). The van der Waals surface area contributed by atoms with E-state index in [2.05, 4.69) is 0 Å². The number of quaternary nitrogens is 1. The van der Waals surface area contributed by atoms with Gasteiger partial charge in [0.2, 0.25) is 0 Å². The molecule has 0 saturated carbocycles. The summed E-state index contributed by atoms with van der Waals surface area (Å²) in [5.74, 6) is 0. The van der Waals surface area contributed by atoms with Crippen molar-refractivity contribution in [3.05, 3.63) is 0 Å². The maximum absolute atomic E-state index is 8.52. The summed E-state index contributed by atoms with van der Waals surface area (Å²) < 4.78 is 102. The third-order valence-corrected chi connectivity index (χ3v) is 0. The summed E-state index contributed by atoms with van der Waals surface area (Å²) in [6.07, 6.45) is 0. The van der Waals surface area contributed by atoms with Gasteiger partial charge in [-0.15, -0.1) is 0 Å². The Kier molecular flexibility index (Phi) is 36.3. The first-order chi connectivity index (χ1) is 6.00. The molecule has 8 N–H and O–H groups in total. The van der Waals surface area contributed by atoms with E-state index >= 15 is 0 Å². The predicted molar refractivity (Wildman–Crippen MR) is 44.6 cm³/mol. The molecule has 0 aromatic heterocycles. The molecule has 19 heteroatoms. The van der Waals surface area contributed by atoms with Crippen LogP contribution in [0.5, 0.6) is 0 Å². The van der Waals surface area contributed by atoms with E-state index in [1.54, 1.807) is 0 Å². The third kappa shape index (κ3) is 843000. The van der Waals surface area contributed by atoms with Crippen LogP contribution in [0.15, 0.2) is 0 Å². The summed E-state index contributed by atoms with van der Waals surface area (Å²) in [7, 11) is -15.5. The molecule has 15 nitrogen and oxygen atoms in total. The van der Waals surface area contributed by atoms with E-state index < -0.39 is 31.2 Å². The fourth-order valence-electron chi connectivity index (χ4n) is 0. The van der Waals surface area contributed by atoms with Gasteiger partial charge in [-0.25, -0.2) is 0 Å². The molecule has 0 bridgehead atoms. The Morgan fingerprint density at radius 3 is 0.474 bits per heavy atom. The van der Waals surface area contributed by atoms with Gasteiger partial charge >= 0.3 is 18.6 Å². The topological polar surface area (TPSA) is 340 Å². The molecule has 0 atom stereocenters. The normalized spacial score (nSPS) is 9.16. The van der Waals surface area contributed by atoms with Crippen LogP contribution in [0.3, 0.4) is 0 Å². The second-order valence-corrected chi connectivity index (χ2v) is 3.67. The summed E-state index contributed by atoms with van der Waals surface area (Å²) >= 11 is 0. The Labute approximate surface area is 119 Å². The number of hydrogen-bond acceptors (Lipinski definition) is 12. The predicted octanol–water partition coefficient (Wildman–Crippen LogP) is -5.29. The summed E-state index contributed by atoms with van der Waals surface area (Å²) in [5.41, 5.74) is 0. The molecule has 0 radical (unpaired) electrons. The molecular weight excluding hydrogens is 385 g/mol. The maximum Gasteiger partial charge on any atom is 5.00 e. The molecular formula is H8NO14S3V. The van der Waals surface area contributed by atoms with Gasteiger partial charge in [0.25, 0.3) is 0 Å². The fourth-order valence-corrected chi connectivity index (χ4v) is 0. The first-order valence-electron chi connectivity index (χ1n) is 2.00. The summed E-state index contributed by atoms with van der Waals surface area (Å²) in [6.45, 7) is 0. The first kappa shape index (κ1) is 42.7. The van der Waals surface area contributed by atoms with Crippen molar-refractivity contribution in [1.82, 2.24) is 6.15 Å². The Balaban J connectivity index is -0.0000000206. The van der Waals surface area contributed by atoms with Gasteiger partial charge in [0.05, 0.1) is 0 Å². The van der Waals surface area contributed by atoms with E-state index in [1.807, 2.05) is 0 Å². The van der Waals surface area contributed by atoms with E-state index in [0.717, 1.165) is 0 Å². The van der Waals surface area contributed by atoms with Crippen LogP contribution in [0, 0.1) is 0 Å². The van der Waals surface area contributed by atoms with Gasteiger partial charge in [-0.2, -0.15) is 0 Å². The Morgan fingerprint density at radius 2 is 0.474 bits per heavy atom. The van der Waals surface area contributed by atoms with Crippen molar-refractivity contribution < 1.29 is 82.1 Å². The van der Waals surface area contributed by atoms with E-state index in [4.69, 9.17) is 52.6 Å². The standard InChI is InChI=1S/H3N.3H2O4S.2H2O.V/c;3*1-5(2,3)4;;;/h1H3;3*(H2,1,2,3,4);2*1H2;/q;;;;;;+5/p-5. The molecule has 0 heterocycles. The van der Waals surface area contributed by atoms with E-state index in [9.17, 15) is 0 Å². The fraction of sp³-hybridized carbons (Fsp3) is 0. The molecule has 0 aliphatic carbocycles. The van der Waals surface area contributed by atoms with Crippen LogP contribution in [0.25, 0.3) is 0 Å². The van der Waals surface area contributed by atoms with E-state index in [1.165, 1.54) is 0 Å². The zero-order valence-electron chi connectivity index (χ0n) is 8.57. The van der Waals surface area contributed by atoms with Crippen LogP contribution < -0.4 is 6.15 Å². The van der Waals surface area contributed by atoms with Crippen LogP contribution >= 0.6 is 0 Å². The average molecular weight is 393 g/mol. The van der Waals surface area contributed by atoms with Crippen molar-refractivity contribution in [2.24, 2.45) is 0 Å². The minimum atomic E-state index is -5.17.